The number of halogens is 2. The van der Waals surface area contributed by atoms with Gasteiger partial charge in [-0.3, -0.25) is 4.52 Å². The molecule has 92 valence electrons. The van der Waals surface area contributed by atoms with Crippen LogP contribution < -0.4 is 0 Å². The lowest BCUT2D eigenvalue weighted by Gasteiger charge is -2.38. The van der Waals surface area contributed by atoms with Gasteiger partial charge < -0.3 is 14.9 Å². The standard InChI is InChI=1S/C7H15Br2O5P/c1-5(10)7(3-8,4-9)6(2)14-15(11,12)13/h5-6,10H,3-4H2,1-2H3,(H2,11,12,13). The first-order valence-electron chi connectivity index (χ1n) is 4.23. The third kappa shape index (κ3) is 4.42. The summed E-state index contributed by atoms with van der Waals surface area (Å²) in [4.78, 5) is 17.4. The fraction of sp³-hybridized carbons (Fsp3) is 1.00. The number of alkyl halides is 2. The summed E-state index contributed by atoms with van der Waals surface area (Å²) in [6, 6.07) is 0. The molecule has 0 aromatic rings. The van der Waals surface area contributed by atoms with Crippen molar-refractivity contribution >= 4 is 39.7 Å². The Kier molecular flexibility index (Phi) is 6.51. The van der Waals surface area contributed by atoms with Gasteiger partial charge in [0.05, 0.1) is 12.2 Å². The zero-order chi connectivity index (χ0) is 12.3. The molecule has 0 fully saturated rings. The van der Waals surface area contributed by atoms with Crippen molar-refractivity contribution in [3.8, 4) is 0 Å². The second-order valence-corrected chi connectivity index (χ2v) is 5.73. The highest BCUT2D eigenvalue weighted by Gasteiger charge is 2.42. The molecule has 0 rings (SSSR count). The number of rotatable bonds is 6. The lowest BCUT2D eigenvalue weighted by atomic mass is 9.82. The SMILES string of the molecule is CC(O)C(CBr)(CBr)C(C)OP(=O)(O)O. The Morgan fingerprint density at radius 1 is 1.33 bits per heavy atom. The van der Waals surface area contributed by atoms with E-state index in [9.17, 15) is 9.67 Å². The summed E-state index contributed by atoms with van der Waals surface area (Å²) in [7, 11) is -4.54. The summed E-state index contributed by atoms with van der Waals surface area (Å²) in [5.41, 5.74) is -0.777. The Morgan fingerprint density at radius 3 is 1.93 bits per heavy atom. The highest BCUT2D eigenvalue weighted by Crippen LogP contribution is 2.44. The van der Waals surface area contributed by atoms with Gasteiger partial charge >= 0.3 is 7.82 Å². The molecule has 15 heavy (non-hydrogen) atoms. The average Bonchev–Trinajstić information content (AvgIpc) is 2.03. The zero-order valence-corrected chi connectivity index (χ0v) is 12.5. The van der Waals surface area contributed by atoms with Crippen LogP contribution in [0.15, 0.2) is 0 Å². The van der Waals surface area contributed by atoms with Crippen molar-refractivity contribution in [2.24, 2.45) is 5.41 Å². The van der Waals surface area contributed by atoms with Crippen molar-refractivity contribution in [3.63, 3.8) is 0 Å². The van der Waals surface area contributed by atoms with Crippen LogP contribution in [0, 0.1) is 5.41 Å². The highest BCUT2D eigenvalue weighted by atomic mass is 79.9. The van der Waals surface area contributed by atoms with E-state index in [1.54, 1.807) is 6.92 Å². The molecule has 0 aromatic carbocycles. The minimum absolute atomic E-state index is 0.365. The van der Waals surface area contributed by atoms with Gasteiger partial charge in [0, 0.05) is 16.1 Å². The minimum atomic E-state index is -4.54. The van der Waals surface area contributed by atoms with Gasteiger partial charge in [0.1, 0.15) is 0 Å². The minimum Gasteiger partial charge on any atom is -0.393 e. The van der Waals surface area contributed by atoms with E-state index < -0.39 is 25.4 Å². The molecule has 2 unspecified atom stereocenters. The summed E-state index contributed by atoms with van der Waals surface area (Å²) in [6.45, 7) is 3.08. The van der Waals surface area contributed by atoms with E-state index in [0.717, 1.165) is 0 Å². The molecule has 0 spiro atoms. The molecular weight excluding hydrogens is 355 g/mol. The van der Waals surface area contributed by atoms with Crippen LogP contribution in [-0.4, -0.2) is 37.8 Å². The molecule has 5 nitrogen and oxygen atoms in total. The number of aliphatic hydroxyl groups excluding tert-OH is 1. The molecule has 0 saturated carbocycles. The third-order valence-corrected chi connectivity index (χ3v) is 5.11. The van der Waals surface area contributed by atoms with Gasteiger partial charge in [-0.15, -0.1) is 0 Å². The van der Waals surface area contributed by atoms with Crippen molar-refractivity contribution in [1.29, 1.82) is 0 Å². The quantitative estimate of drug-likeness (QED) is 0.489. The van der Waals surface area contributed by atoms with Crippen LogP contribution in [0.5, 0.6) is 0 Å². The Bertz CT molecular complexity index is 238. The fourth-order valence-corrected chi connectivity index (χ4v) is 4.53. The Labute approximate surface area is 106 Å². The summed E-state index contributed by atoms with van der Waals surface area (Å²) in [5.74, 6) is 0. The monoisotopic (exact) mass is 368 g/mol. The molecule has 0 aliphatic heterocycles. The van der Waals surface area contributed by atoms with E-state index in [2.05, 4.69) is 36.4 Å². The smallest absolute Gasteiger partial charge is 0.393 e. The molecule has 3 N–H and O–H groups in total. The predicted octanol–water partition coefficient (Wildman–Crippen LogP) is 1.64. The van der Waals surface area contributed by atoms with Gasteiger partial charge in [-0.2, -0.15) is 0 Å². The van der Waals surface area contributed by atoms with Crippen LogP contribution >= 0.6 is 39.7 Å². The van der Waals surface area contributed by atoms with E-state index in [0.29, 0.717) is 10.7 Å². The molecule has 0 saturated heterocycles. The van der Waals surface area contributed by atoms with Crippen LogP contribution in [0.2, 0.25) is 0 Å². The van der Waals surface area contributed by atoms with Crippen molar-refractivity contribution in [2.45, 2.75) is 26.1 Å². The van der Waals surface area contributed by atoms with E-state index in [-0.39, 0.29) is 0 Å². The first-order valence-corrected chi connectivity index (χ1v) is 8.01. The number of phosphoric acid groups is 1. The molecular formula is C7H15Br2O5P. The maximum Gasteiger partial charge on any atom is 0.469 e. The Morgan fingerprint density at radius 2 is 1.73 bits per heavy atom. The number of phosphoric ester groups is 1. The normalized spacial score (nSPS) is 17.5. The van der Waals surface area contributed by atoms with Gasteiger partial charge in [0.2, 0.25) is 0 Å². The number of hydrogen-bond acceptors (Lipinski definition) is 3. The Hall–Kier alpha value is 1.03. The second-order valence-electron chi connectivity index (χ2n) is 3.41. The second kappa shape index (κ2) is 6.10. The van der Waals surface area contributed by atoms with E-state index >= 15 is 0 Å². The lowest BCUT2D eigenvalue weighted by Crippen LogP contribution is -2.46. The van der Waals surface area contributed by atoms with Crippen molar-refractivity contribution in [3.05, 3.63) is 0 Å². The molecule has 0 radical (unpaired) electrons. The van der Waals surface area contributed by atoms with Gasteiger partial charge in [-0.25, -0.2) is 4.57 Å². The van der Waals surface area contributed by atoms with Crippen LogP contribution in [0.3, 0.4) is 0 Å². The molecule has 2 atom stereocenters. The van der Waals surface area contributed by atoms with Gasteiger partial charge in [0.25, 0.3) is 0 Å². The van der Waals surface area contributed by atoms with Crippen LogP contribution in [0.4, 0.5) is 0 Å². The summed E-state index contributed by atoms with van der Waals surface area (Å²) in [5, 5.41) is 10.4. The first kappa shape index (κ1) is 16.0. The number of aliphatic hydroxyl groups is 1. The van der Waals surface area contributed by atoms with E-state index in [1.165, 1.54) is 6.92 Å². The highest BCUT2D eigenvalue weighted by molar-refractivity contribution is 9.09. The van der Waals surface area contributed by atoms with Crippen LogP contribution in [-0.2, 0) is 9.09 Å². The fourth-order valence-electron chi connectivity index (χ4n) is 1.13. The molecule has 0 amide bonds. The molecule has 0 aliphatic carbocycles. The molecule has 0 heterocycles. The summed E-state index contributed by atoms with van der Waals surface area (Å²) < 4.78 is 15.3. The summed E-state index contributed by atoms with van der Waals surface area (Å²) in [6.07, 6.45) is -1.55. The van der Waals surface area contributed by atoms with Crippen LogP contribution in [0.1, 0.15) is 13.8 Å². The third-order valence-electron chi connectivity index (χ3n) is 2.43. The number of hydrogen-bond donors (Lipinski definition) is 3. The first-order chi connectivity index (χ1) is 6.69. The van der Waals surface area contributed by atoms with E-state index in [1.807, 2.05) is 0 Å². The van der Waals surface area contributed by atoms with Crippen molar-refractivity contribution < 1.29 is 24.0 Å². The average molecular weight is 370 g/mol. The predicted molar refractivity (Wildman–Crippen MR) is 64.3 cm³/mol. The lowest BCUT2D eigenvalue weighted by molar-refractivity contribution is -0.0195. The maximum atomic E-state index is 10.7. The van der Waals surface area contributed by atoms with Crippen LogP contribution in [0.25, 0.3) is 0 Å². The topological polar surface area (TPSA) is 87.0 Å². The summed E-state index contributed by atoms with van der Waals surface area (Å²) >= 11 is 6.44. The van der Waals surface area contributed by atoms with Gasteiger partial charge in [-0.1, -0.05) is 31.9 Å². The molecule has 0 aliphatic rings. The van der Waals surface area contributed by atoms with Crippen molar-refractivity contribution in [2.75, 3.05) is 10.7 Å². The molecule has 0 bridgehead atoms. The Balaban J connectivity index is 4.85. The van der Waals surface area contributed by atoms with Gasteiger partial charge in [0.15, 0.2) is 0 Å². The zero-order valence-electron chi connectivity index (χ0n) is 8.43. The van der Waals surface area contributed by atoms with E-state index in [4.69, 9.17) is 9.79 Å². The largest absolute Gasteiger partial charge is 0.469 e. The van der Waals surface area contributed by atoms with Gasteiger partial charge in [-0.05, 0) is 13.8 Å². The van der Waals surface area contributed by atoms with Crippen molar-refractivity contribution in [1.82, 2.24) is 0 Å². The maximum absolute atomic E-state index is 10.7. The molecule has 8 heteroatoms. The molecule has 0 aromatic heterocycles.